The van der Waals surface area contributed by atoms with Crippen LogP contribution in [0.15, 0.2) is 42.5 Å². The molecule has 1 aliphatic rings. The van der Waals surface area contributed by atoms with Gasteiger partial charge >= 0.3 is 0 Å². The van der Waals surface area contributed by atoms with Gasteiger partial charge in [-0.1, -0.05) is 11.3 Å². The summed E-state index contributed by atoms with van der Waals surface area (Å²) in [6, 6.07) is 12.0. The topological polar surface area (TPSA) is 42.0 Å². The quantitative estimate of drug-likeness (QED) is 0.705. The van der Waals surface area contributed by atoms with Crippen molar-refractivity contribution in [3.05, 3.63) is 53.8 Å². The van der Waals surface area contributed by atoms with Crippen LogP contribution in [0.4, 0.5) is 15.2 Å². The monoisotopic (exact) mass is 312 g/mol. The summed E-state index contributed by atoms with van der Waals surface area (Å²) in [5, 5.41) is 3.91. The van der Waals surface area contributed by atoms with Crippen molar-refractivity contribution >= 4 is 38.2 Å². The van der Waals surface area contributed by atoms with Gasteiger partial charge in [0.05, 0.1) is 10.2 Å². The summed E-state index contributed by atoms with van der Waals surface area (Å²) in [4.78, 5) is 16.4. The third-order valence-electron chi connectivity index (χ3n) is 3.72. The average Bonchev–Trinajstić information content (AvgIpc) is 3.29. The number of rotatable bonds is 4. The van der Waals surface area contributed by atoms with Crippen LogP contribution in [0.25, 0.3) is 10.2 Å². The molecule has 1 saturated carbocycles. The number of carbonyl (C=O) groups excluding carboxylic acids is 1. The second-order valence-electron chi connectivity index (χ2n) is 5.47. The molecule has 1 heterocycles. The molecule has 0 amide bonds. The van der Waals surface area contributed by atoms with Crippen molar-refractivity contribution in [1.82, 2.24) is 4.98 Å². The third-order valence-corrected chi connectivity index (χ3v) is 4.65. The largest absolute Gasteiger partial charge is 0.332 e. The van der Waals surface area contributed by atoms with Gasteiger partial charge in [0.25, 0.3) is 0 Å². The van der Waals surface area contributed by atoms with Gasteiger partial charge < -0.3 is 5.32 Å². The molecule has 0 bridgehead atoms. The van der Waals surface area contributed by atoms with Crippen molar-refractivity contribution < 1.29 is 9.18 Å². The normalized spacial score (nSPS) is 14.2. The van der Waals surface area contributed by atoms with Crippen LogP contribution in [-0.2, 0) is 0 Å². The van der Waals surface area contributed by atoms with Crippen LogP contribution < -0.4 is 5.32 Å². The summed E-state index contributed by atoms with van der Waals surface area (Å²) >= 11 is 1.40. The molecule has 0 saturated heterocycles. The van der Waals surface area contributed by atoms with E-state index in [1.165, 1.54) is 23.5 Å². The molecule has 0 aliphatic heterocycles. The van der Waals surface area contributed by atoms with E-state index in [1.54, 1.807) is 6.07 Å². The van der Waals surface area contributed by atoms with Crippen LogP contribution in [0.2, 0.25) is 0 Å². The Hall–Kier alpha value is -2.27. The van der Waals surface area contributed by atoms with Crippen molar-refractivity contribution in [2.45, 2.75) is 12.8 Å². The predicted octanol–water partition coefficient (Wildman–Crippen LogP) is 4.77. The van der Waals surface area contributed by atoms with Gasteiger partial charge in [-0.3, -0.25) is 4.79 Å². The lowest BCUT2D eigenvalue weighted by Crippen LogP contribution is -2.01. The fraction of sp³-hybridized carbons (Fsp3) is 0.176. The van der Waals surface area contributed by atoms with E-state index in [-0.39, 0.29) is 17.5 Å². The van der Waals surface area contributed by atoms with Crippen molar-refractivity contribution in [3.63, 3.8) is 0 Å². The van der Waals surface area contributed by atoms with Crippen LogP contribution in [0.1, 0.15) is 23.2 Å². The van der Waals surface area contributed by atoms with E-state index in [4.69, 9.17) is 0 Å². The average molecular weight is 312 g/mol. The zero-order valence-corrected chi connectivity index (χ0v) is 12.5. The summed E-state index contributed by atoms with van der Waals surface area (Å²) < 4.78 is 14.0. The van der Waals surface area contributed by atoms with Crippen LogP contribution in [0.3, 0.4) is 0 Å². The van der Waals surface area contributed by atoms with E-state index < -0.39 is 0 Å². The minimum absolute atomic E-state index is 0.234. The van der Waals surface area contributed by atoms with Crippen molar-refractivity contribution in [3.8, 4) is 0 Å². The first-order valence-electron chi connectivity index (χ1n) is 7.16. The van der Waals surface area contributed by atoms with Gasteiger partial charge in [0.1, 0.15) is 5.82 Å². The number of hydrogen-bond donors (Lipinski definition) is 1. The Labute approximate surface area is 130 Å². The Bertz CT molecular complexity index is 853. The smallest absolute Gasteiger partial charge is 0.188 e. The number of nitrogens with one attached hydrogen (secondary N) is 1. The van der Waals surface area contributed by atoms with Crippen molar-refractivity contribution in [2.24, 2.45) is 5.92 Å². The molecule has 3 nitrogen and oxygen atoms in total. The second-order valence-corrected chi connectivity index (χ2v) is 6.50. The van der Waals surface area contributed by atoms with Crippen LogP contribution in [0, 0.1) is 11.7 Å². The van der Waals surface area contributed by atoms with Gasteiger partial charge in [-0.25, -0.2) is 9.37 Å². The molecule has 2 aromatic carbocycles. The Balaban J connectivity index is 1.55. The van der Waals surface area contributed by atoms with Crippen molar-refractivity contribution in [1.29, 1.82) is 0 Å². The highest BCUT2D eigenvalue weighted by atomic mass is 32.1. The van der Waals surface area contributed by atoms with Gasteiger partial charge in [0, 0.05) is 17.2 Å². The van der Waals surface area contributed by atoms with E-state index in [9.17, 15) is 9.18 Å². The van der Waals surface area contributed by atoms with E-state index in [1.807, 2.05) is 24.3 Å². The lowest BCUT2D eigenvalue weighted by Gasteiger charge is -2.03. The maximum Gasteiger partial charge on any atom is 0.188 e. The summed E-state index contributed by atoms with van der Waals surface area (Å²) in [7, 11) is 0. The molecule has 4 rings (SSSR count). The molecule has 1 N–H and O–H groups in total. The summed E-state index contributed by atoms with van der Waals surface area (Å²) in [6.07, 6.45) is 2.03. The van der Waals surface area contributed by atoms with Gasteiger partial charge in [0.2, 0.25) is 0 Å². The maximum absolute atomic E-state index is 13.2. The van der Waals surface area contributed by atoms with Crippen LogP contribution in [-0.4, -0.2) is 10.8 Å². The number of hydrogen-bond acceptors (Lipinski definition) is 4. The number of benzene rings is 2. The zero-order valence-electron chi connectivity index (χ0n) is 11.7. The van der Waals surface area contributed by atoms with Crippen LogP contribution >= 0.6 is 11.3 Å². The Morgan fingerprint density at radius 3 is 2.68 bits per heavy atom. The van der Waals surface area contributed by atoms with E-state index in [0.29, 0.717) is 5.13 Å². The predicted molar refractivity (Wildman–Crippen MR) is 86.4 cm³/mol. The molecule has 1 aliphatic carbocycles. The number of carbonyl (C=O) groups is 1. The first-order chi connectivity index (χ1) is 10.7. The van der Waals surface area contributed by atoms with E-state index >= 15 is 0 Å². The Kier molecular flexibility index (Phi) is 3.15. The van der Waals surface area contributed by atoms with Gasteiger partial charge in [-0.15, -0.1) is 0 Å². The molecule has 0 radical (unpaired) electrons. The fourth-order valence-electron chi connectivity index (χ4n) is 2.37. The second kappa shape index (κ2) is 5.18. The zero-order chi connectivity index (χ0) is 15.1. The number of ketones is 1. The lowest BCUT2D eigenvalue weighted by molar-refractivity contribution is 0.0967. The first-order valence-corrected chi connectivity index (χ1v) is 7.98. The number of anilines is 2. The highest BCUT2D eigenvalue weighted by molar-refractivity contribution is 7.22. The van der Waals surface area contributed by atoms with Gasteiger partial charge in [-0.05, 0) is 55.3 Å². The lowest BCUT2D eigenvalue weighted by atomic mass is 10.1. The number of nitrogens with zero attached hydrogens (tertiary/aromatic N) is 1. The molecule has 22 heavy (non-hydrogen) atoms. The molecule has 5 heteroatoms. The third kappa shape index (κ3) is 2.60. The molecular formula is C17H13FN2OS. The highest BCUT2D eigenvalue weighted by Gasteiger charge is 2.30. The molecule has 1 fully saturated rings. The summed E-state index contributed by atoms with van der Waals surface area (Å²) in [5.74, 6) is 0.214. The Morgan fingerprint density at radius 1 is 1.18 bits per heavy atom. The molecule has 0 spiro atoms. The Morgan fingerprint density at radius 2 is 1.95 bits per heavy atom. The van der Waals surface area contributed by atoms with Crippen molar-refractivity contribution in [2.75, 3.05) is 5.32 Å². The van der Waals surface area contributed by atoms with E-state index in [2.05, 4.69) is 10.3 Å². The highest BCUT2D eigenvalue weighted by Crippen LogP contribution is 2.33. The summed E-state index contributed by atoms with van der Waals surface area (Å²) in [6.45, 7) is 0. The number of thiazole rings is 1. The number of Topliss-reactive ketones (excluding diaryl/α,β-unsaturated/α-hetero) is 1. The van der Waals surface area contributed by atoms with Crippen LogP contribution in [0.5, 0.6) is 0 Å². The van der Waals surface area contributed by atoms with Gasteiger partial charge in [-0.2, -0.15) is 0 Å². The minimum Gasteiger partial charge on any atom is -0.332 e. The molecule has 3 aromatic rings. The molecule has 0 atom stereocenters. The van der Waals surface area contributed by atoms with E-state index in [0.717, 1.165) is 34.3 Å². The number of halogens is 1. The van der Waals surface area contributed by atoms with Gasteiger partial charge in [0.15, 0.2) is 10.9 Å². The molecule has 1 aromatic heterocycles. The molecular weight excluding hydrogens is 299 g/mol. The maximum atomic E-state index is 13.2. The standard InChI is InChI=1S/C17H13FN2OS/c18-12-5-8-14-15(9-12)22-17(20-14)19-13-6-3-11(4-7-13)16(21)10-1-2-10/h3-10H,1-2H2,(H,19,20). The number of aromatic nitrogens is 1. The SMILES string of the molecule is O=C(c1ccc(Nc2nc3ccc(F)cc3s2)cc1)C1CC1. The number of fused-ring (bicyclic) bond motifs is 1. The molecule has 110 valence electrons. The fourth-order valence-corrected chi connectivity index (χ4v) is 3.29. The molecule has 0 unspecified atom stereocenters. The minimum atomic E-state index is -0.259. The summed E-state index contributed by atoms with van der Waals surface area (Å²) in [5.41, 5.74) is 2.40. The first kappa shape index (κ1) is 13.4.